The summed E-state index contributed by atoms with van der Waals surface area (Å²) in [7, 11) is 0. The number of rotatable bonds is 1. The zero-order valence-electron chi connectivity index (χ0n) is 9.99. The van der Waals surface area contributed by atoms with E-state index >= 15 is 0 Å². The van der Waals surface area contributed by atoms with Crippen molar-refractivity contribution in [2.24, 2.45) is 5.92 Å². The minimum absolute atomic E-state index is 0.399. The molecule has 0 radical (unpaired) electrons. The van der Waals surface area contributed by atoms with Crippen LogP contribution in [0, 0.1) is 17.2 Å². The number of nitrogens with zero attached hydrogens (tertiary/aromatic N) is 3. The molecule has 0 bridgehead atoms. The molecule has 0 saturated carbocycles. The van der Waals surface area contributed by atoms with Gasteiger partial charge in [0.15, 0.2) is 0 Å². The molecule has 1 atom stereocenters. The monoisotopic (exact) mass is 249 g/mol. The number of anilines is 1. The lowest BCUT2D eigenvalue weighted by atomic mass is 10.0. The summed E-state index contributed by atoms with van der Waals surface area (Å²) in [5, 5.41) is 9.33. The number of halogens is 1. The Labute approximate surface area is 107 Å². The maximum atomic E-state index is 8.93. The Morgan fingerprint density at radius 2 is 2.24 bits per heavy atom. The largest absolute Gasteiger partial charge is 0.357 e. The Morgan fingerprint density at radius 3 is 3.00 bits per heavy atom. The van der Waals surface area contributed by atoms with Crippen LogP contribution in [0.15, 0.2) is 12.1 Å². The second-order valence-corrected chi connectivity index (χ2v) is 5.06. The van der Waals surface area contributed by atoms with Crippen molar-refractivity contribution >= 4 is 17.4 Å². The molecule has 17 heavy (non-hydrogen) atoms. The molecule has 0 aromatic carbocycles. The van der Waals surface area contributed by atoms with E-state index in [9.17, 15) is 0 Å². The summed E-state index contributed by atoms with van der Waals surface area (Å²) in [6, 6.07) is 5.54. The van der Waals surface area contributed by atoms with Crippen molar-refractivity contribution in [3.63, 3.8) is 0 Å². The predicted octanol–water partition coefficient (Wildman–Crippen LogP) is 3.23. The van der Waals surface area contributed by atoms with Crippen molar-refractivity contribution in [3.8, 4) is 6.07 Å². The number of pyridine rings is 1. The van der Waals surface area contributed by atoms with Crippen molar-refractivity contribution in [3.05, 3.63) is 22.8 Å². The summed E-state index contributed by atoms with van der Waals surface area (Å²) in [5.74, 6) is 1.61. The van der Waals surface area contributed by atoms with Gasteiger partial charge in [-0.25, -0.2) is 4.98 Å². The smallest absolute Gasteiger partial charge is 0.132 e. The van der Waals surface area contributed by atoms with E-state index in [1.54, 1.807) is 6.07 Å². The third-order valence-corrected chi connectivity index (χ3v) is 3.44. The van der Waals surface area contributed by atoms with E-state index in [1.165, 1.54) is 19.3 Å². The molecule has 1 aromatic heterocycles. The topological polar surface area (TPSA) is 39.9 Å². The van der Waals surface area contributed by atoms with Gasteiger partial charge in [0.05, 0.1) is 11.6 Å². The predicted molar refractivity (Wildman–Crippen MR) is 69.2 cm³/mol. The van der Waals surface area contributed by atoms with Gasteiger partial charge < -0.3 is 4.90 Å². The fraction of sp³-hybridized carbons (Fsp3) is 0.538. The first kappa shape index (κ1) is 12.2. The molecule has 1 fully saturated rings. The van der Waals surface area contributed by atoms with E-state index in [1.807, 2.05) is 6.07 Å². The van der Waals surface area contributed by atoms with Crippen LogP contribution in [0.5, 0.6) is 0 Å². The fourth-order valence-corrected chi connectivity index (χ4v) is 2.41. The van der Waals surface area contributed by atoms with Crippen LogP contribution in [0.25, 0.3) is 0 Å². The van der Waals surface area contributed by atoms with Crippen LogP contribution in [0.4, 0.5) is 5.82 Å². The van der Waals surface area contributed by atoms with Gasteiger partial charge in [0.1, 0.15) is 11.0 Å². The van der Waals surface area contributed by atoms with Crippen LogP contribution in [-0.2, 0) is 0 Å². The summed E-state index contributed by atoms with van der Waals surface area (Å²) < 4.78 is 0. The molecule has 1 saturated heterocycles. The van der Waals surface area contributed by atoms with E-state index < -0.39 is 0 Å². The highest BCUT2D eigenvalue weighted by Gasteiger charge is 2.15. The first-order valence-corrected chi connectivity index (χ1v) is 6.39. The number of aromatic nitrogens is 1. The zero-order chi connectivity index (χ0) is 12.3. The minimum atomic E-state index is 0.399. The Morgan fingerprint density at radius 1 is 1.41 bits per heavy atom. The first-order valence-electron chi connectivity index (χ1n) is 6.01. The van der Waals surface area contributed by atoms with Gasteiger partial charge in [-0.05, 0) is 37.3 Å². The van der Waals surface area contributed by atoms with Crippen LogP contribution < -0.4 is 4.90 Å². The van der Waals surface area contributed by atoms with Crippen molar-refractivity contribution < 1.29 is 0 Å². The summed E-state index contributed by atoms with van der Waals surface area (Å²) in [6.07, 6.45) is 3.62. The molecule has 0 spiro atoms. The molecule has 0 amide bonds. The highest BCUT2D eigenvalue weighted by Crippen LogP contribution is 2.23. The molecule has 4 heteroatoms. The van der Waals surface area contributed by atoms with Gasteiger partial charge in [-0.1, -0.05) is 18.5 Å². The quantitative estimate of drug-likeness (QED) is 0.718. The summed E-state index contributed by atoms with van der Waals surface area (Å²) in [5.41, 5.74) is 0.581. The Balaban J connectivity index is 2.21. The molecule has 2 heterocycles. The van der Waals surface area contributed by atoms with Crippen molar-refractivity contribution in [1.29, 1.82) is 5.26 Å². The van der Waals surface area contributed by atoms with Gasteiger partial charge in [0.2, 0.25) is 0 Å². The third-order valence-electron chi connectivity index (χ3n) is 3.25. The lowest BCUT2D eigenvalue weighted by Crippen LogP contribution is -2.25. The SMILES string of the molecule is CC1CCCN(c2cc(C#N)cc(Cl)n2)CC1. The Bertz CT molecular complexity index is 439. The average molecular weight is 250 g/mol. The second-order valence-electron chi connectivity index (χ2n) is 4.67. The van der Waals surface area contributed by atoms with Gasteiger partial charge in [-0.3, -0.25) is 0 Å². The number of hydrogen-bond acceptors (Lipinski definition) is 3. The van der Waals surface area contributed by atoms with Gasteiger partial charge in [-0.15, -0.1) is 0 Å². The number of nitriles is 1. The van der Waals surface area contributed by atoms with E-state index in [4.69, 9.17) is 16.9 Å². The minimum Gasteiger partial charge on any atom is -0.357 e. The molecule has 1 aromatic rings. The normalized spacial score (nSPS) is 20.8. The average Bonchev–Trinajstić information content (AvgIpc) is 2.53. The summed E-state index contributed by atoms with van der Waals surface area (Å²) in [4.78, 5) is 6.54. The lowest BCUT2D eigenvalue weighted by Gasteiger charge is -2.21. The molecule has 1 unspecified atom stereocenters. The Hall–Kier alpha value is -1.27. The highest BCUT2D eigenvalue weighted by atomic mass is 35.5. The molecule has 0 aliphatic carbocycles. The van der Waals surface area contributed by atoms with Gasteiger partial charge in [-0.2, -0.15) is 5.26 Å². The van der Waals surface area contributed by atoms with Crippen LogP contribution >= 0.6 is 11.6 Å². The molecule has 3 nitrogen and oxygen atoms in total. The first-order chi connectivity index (χ1) is 8.19. The Kier molecular flexibility index (Phi) is 3.86. The van der Waals surface area contributed by atoms with Crippen molar-refractivity contribution in [1.82, 2.24) is 4.98 Å². The van der Waals surface area contributed by atoms with Gasteiger partial charge >= 0.3 is 0 Å². The van der Waals surface area contributed by atoms with Gasteiger partial charge in [0, 0.05) is 13.1 Å². The molecule has 1 aliphatic heterocycles. The van der Waals surface area contributed by atoms with Crippen LogP contribution in [-0.4, -0.2) is 18.1 Å². The standard InChI is InChI=1S/C13H16ClN3/c1-10-3-2-5-17(6-4-10)13-8-11(9-15)7-12(14)16-13/h7-8,10H,2-6H2,1H3. The third kappa shape index (κ3) is 3.10. The lowest BCUT2D eigenvalue weighted by molar-refractivity contribution is 0.521. The van der Waals surface area contributed by atoms with Crippen LogP contribution in [0.2, 0.25) is 5.15 Å². The highest BCUT2D eigenvalue weighted by molar-refractivity contribution is 6.29. The molecule has 2 rings (SSSR count). The number of hydrogen-bond donors (Lipinski definition) is 0. The molecule has 90 valence electrons. The zero-order valence-corrected chi connectivity index (χ0v) is 10.7. The van der Waals surface area contributed by atoms with E-state index in [-0.39, 0.29) is 0 Å². The van der Waals surface area contributed by atoms with E-state index in [0.29, 0.717) is 10.7 Å². The maximum Gasteiger partial charge on any atom is 0.132 e. The van der Waals surface area contributed by atoms with Crippen molar-refractivity contribution in [2.75, 3.05) is 18.0 Å². The van der Waals surface area contributed by atoms with E-state index in [2.05, 4.69) is 22.9 Å². The maximum absolute atomic E-state index is 8.93. The molecular formula is C13H16ClN3. The molecule has 1 aliphatic rings. The summed E-state index contributed by atoms with van der Waals surface area (Å²) in [6.45, 7) is 4.29. The van der Waals surface area contributed by atoms with Crippen LogP contribution in [0.1, 0.15) is 31.7 Å². The molecular weight excluding hydrogens is 234 g/mol. The van der Waals surface area contributed by atoms with Gasteiger partial charge in [0.25, 0.3) is 0 Å². The second kappa shape index (κ2) is 5.37. The summed E-state index contributed by atoms with van der Waals surface area (Å²) >= 11 is 5.93. The fourth-order valence-electron chi connectivity index (χ4n) is 2.20. The van der Waals surface area contributed by atoms with Crippen molar-refractivity contribution in [2.45, 2.75) is 26.2 Å². The molecule has 0 N–H and O–H groups in total. The van der Waals surface area contributed by atoms with E-state index in [0.717, 1.165) is 24.8 Å². The van der Waals surface area contributed by atoms with Crippen LogP contribution in [0.3, 0.4) is 0 Å².